The van der Waals surface area contributed by atoms with Crippen molar-refractivity contribution in [1.82, 2.24) is 4.90 Å². The molecule has 0 N–H and O–H groups in total. The molecular formula is C13H20ClNO. The molecule has 0 heterocycles. The molecule has 0 saturated carbocycles. The SMILES string of the molecule is CCC(Oc1ccccc1)N(CC)CCCl. The summed E-state index contributed by atoms with van der Waals surface area (Å²) in [6.07, 6.45) is 1.07. The molecule has 0 fully saturated rings. The predicted octanol–water partition coefficient (Wildman–Crippen LogP) is 3.36. The fraction of sp³-hybridized carbons (Fsp3) is 0.538. The number of benzene rings is 1. The summed E-state index contributed by atoms with van der Waals surface area (Å²) < 4.78 is 5.94. The Labute approximate surface area is 103 Å². The average Bonchev–Trinajstić information content (AvgIpc) is 2.35. The fourth-order valence-electron chi connectivity index (χ4n) is 1.69. The van der Waals surface area contributed by atoms with Gasteiger partial charge in [-0.1, -0.05) is 32.0 Å². The molecule has 90 valence electrons. The van der Waals surface area contributed by atoms with Crippen molar-refractivity contribution in [1.29, 1.82) is 0 Å². The normalized spacial score (nSPS) is 12.8. The molecule has 0 aromatic heterocycles. The quantitative estimate of drug-likeness (QED) is 0.536. The number of para-hydroxylation sites is 1. The number of halogens is 1. The first-order chi connectivity index (χ1) is 7.81. The maximum Gasteiger partial charge on any atom is 0.152 e. The molecule has 2 nitrogen and oxygen atoms in total. The van der Waals surface area contributed by atoms with Gasteiger partial charge in [-0.3, -0.25) is 4.90 Å². The van der Waals surface area contributed by atoms with Gasteiger partial charge >= 0.3 is 0 Å². The van der Waals surface area contributed by atoms with E-state index in [-0.39, 0.29) is 6.23 Å². The van der Waals surface area contributed by atoms with Crippen LogP contribution in [0.2, 0.25) is 0 Å². The number of nitrogens with zero attached hydrogens (tertiary/aromatic N) is 1. The summed E-state index contributed by atoms with van der Waals surface area (Å²) in [6.45, 7) is 6.08. The van der Waals surface area contributed by atoms with Gasteiger partial charge in [0.05, 0.1) is 0 Å². The average molecular weight is 242 g/mol. The highest BCUT2D eigenvalue weighted by molar-refractivity contribution is 6.18. The van der Waals surface area contributed by atoms with E-state index in [0.29, 0.717) is 5.88 Å². The van der Waals surface area contributed by atoms with Crippen LogP contribution in [0, 0.1) is 0 Å². The molecule has 1 atom stereocenters. The van der Waals surface area contributed by atoms with Crippen LogP contribution in [-0.2, 0) is 0 Å². The Morgan fingerprint density at radius 3 is 2.44 bits per heavy atom. The number of ether oxygens (including phenoxy) is 1. The Morgan fingerprint density at radius 2 is 1.94 bits per heavy atom. The molecule has 16 heavy (non-hydrogen) atoms. The third kappa shape index (κ3) is 4.03. The zero-order valence-corrected chi connectivity index (χ0v) is 10.8. The Hall–Kier alpha value is -0.730. The molecule has 0 aliphatic rings. The molecule has 0 radical (unpaired) electrons. The molecule has 1 aromatic carbocycles. The van der Waals surface area contributed by atoms with Crippen LogP contribution < -0.4 is 4.74 Å². The van der Waals surface area contributed by atoms with Gasteiger partial charge in [0.25, 0.3) is 0 Å². The van der Waals surface area contributed by atoms with Crippen molar-refractivity contribution in [2.75, 3.05) is 19.0 Å². The molecule has 1 unspecified atom stereocenters. The summed E-state index contributed by atoms with van der Waals surface area (Å²) in [7, 11) is 0. The maximum absolute atomic E-state index is 5.94. The van der Waals surface area contributed by atoms with Crippen molar-refractivity contribution in [2.45, 2.75) is 26.5 Å². The molecule has 0 aliphatic carbocycles. The lowest BCUT2D eigenvalue weighted by molar-refractivity contribution is 0.0304. The van der Waals surface area contributed by atoms with E-state index in [4.69, 9.17) is 16.3 Å². The molecule has 1 aromatic rings. The van der Waals surface area contributed by atoms with Crippen molar-refractivity contribution >= 4 is 11.6 Å². The highest BCUT2D eigenvalue weighted by atomic mass is 35.5. The van der Waals surface area contributed by atoms with Gasteiger partial charge in [0.15, 0.2) is 6.23 Å². The Kier molecular flexibility index (Phi) is 6.27. The minimum atomic E-state index is 0.117. The topological polar surface area (TPSA) is 12.5 Å². The first-order valence-corrected chi connectivity index (χ1v) is 6.37. The van der Waals surface area contributed by atoms with Gasteiger partial charge in [-0.05, 0) is 25.1 Å². The van der Waals surface area contributed by atoms with E-state index in [9.17, 15) is 0 Å². The van der Waals surface area contributed by atoms with Crippen LogP contribution in [0.1, 0.15) is 20.3 Å². The summed E-state index contributed by atoms with van der Waals surface area (Å²) in [6, 6.07) is 9.93. The second-order valence-electron chi connectivity index (χ2n) is 3.61. The van der Waals surface area contributed by atoms with Gasteiger partial charge in [-0.25, -0.2) is 0 Å². The fourth-order valence-corrected chi connectivity index (χ4v) is 1.90. The van der Waals surface area contributed by atoms with Crippen molar-refractivity contribution < 1.29 is 4.74 Å². The van der Waals surface area contributed by atoms with E-state index in [0.717, 1.165) is 25.3 Å². The predicted molar refractivity (Wildman–Crippen MR) is 69.1 cm³/mol. The maximum atomic E-state index is 5.94. The third-order valence-electron chi connectivity index (χ3n) is 2.55. The number of hydrogen-bond acceptors (Lipinski definition) is 2. The lowest BCUT2D eigenvalue weighted by Gasteiger charge is -2.29. The minimum Gasteiger partial charge on any atom is -0.475 e. The Bertz CT molecular complexity index is 279. The summed E-state index contributed by atoms with van der Waals surface area (Å²) in [4.78, 5) is 2.25. The lowest BCUT2D eigenvalue weighted by Crippen LogP contribution is -2.40. The Morgan fingerprint density at radius 1 is 1.25 bits per heavy atom. The highest BCUT2D eigenvalue weighted by Crippen LogP contribution is 2.14. The molecule has 0 bridgehead atoms. The molecule has 0 saturated heterocycles. The zero-order valence-electron chi connectivity index (χ0n) is 10.0. The van der Waals surface area contributed by atoms with Gasteiger partial charge in [-0.2, -0.15) is 0 Å². The number of hydrogen-bond donors (Lipinski definition) is 0. The van der Waals surface area contributed by atoms with Crippen molar-refractivity contribution in [3.8, 4) is 5.75 Å². The van der Waals surface area contributed by atoms with Crippen molar-refractivity contribution in [3.63, 3.8) is 0 Å². The molecule has 0 spiro atoms. The second kappa shape index (κ2) is 7.53. The molecular weight excluding hydrogens is 222 g/mol. The molecule has 0 aliphatic heterocycles. The van der Waals surface area contributed by atoms with Crippen LogP contribution in [0.3, 0.4) is 0 Å². The van der Waals surface area contributed by atoms with Crippen LogP contribution >= 0.6 is 11.6 Å². The smallest absolute Gasteiger partial charge is 0.152 e. The summed E-state index contributed by atoms with van der Waals surface area (Å²) in [5.41, 5.74) is 0. The zero-order chi connectivity index (χ0) is 11.8. The third-order valence-corrected chi connectivity index (χ3v) is 2.72. The number of rotatable bonds is 7. The van der Waals surface area contributed by atoms with E-state index in [1.165, 1.54) is 0 Å². The molecule has 1 rings (SSSR count). The summed E-state index contributed by atoms with van der Waals surface area (Å²) in [5, 5.41) is 0. The van der Waals surface area contributed by atoms with E-state index >= 15 is 0 Å². The second-order valence-corrected chi connectivity index (χ2v) is 3.99. The van der Waals surface area contributed by atoms with E-state index in [2.05, 4.69) is 18.7 Å². The Balaban J connectivity index is 2.60. The first-order valence-electron chi connectivity index (χ1n) is 5.83. The van der Waals surface area contributed by atoms with Crippen molar-refractivity contribution in [2.24, 2.45) is 0 Å². The molecule has 0 amide bonds. The van der Waals surface area contributed by atoms with Gasteiger partial charge in [0.1, 0.15) is 5.75 Å². The van der Waals surface area contributed by atoms with Gasteiger partial charge < -0.3 is 4.74 Å². The first kappa shape index (κ1) is 13.3. The van der Waals surface area contributed by atoms with Crippen LogP contribution in [0.5, 0.6) is 5.75 Å². The minimum absolute atomic E-state index is 0.117. The van der Waals surface area contributed by atoms with Crippen LogP contribution in [-0.4, -0.2) is 30.1 Å². The molecule has 3 heteroatoms. The van der Waals surface area contributed by atoms with Gasteiger partial charge in [0, 0.05) is 12.4 Å². The largest absolute Gasteiger partial charge is 0.475 e. The van der Waals surface area contributed by atoms with E-state index in [1.54, 1.807) is 0 Å². The van der Waals surface area contributed by atoms with Gasteiger partial charge in [0.2, 0.25) is 0 Å². The van der Waals surface area contributed by atoms with Crippen LogP contribution in [0.15, 0.2) is 30.3 Å². The van der Waals surface area contributed by atoms with Crippen molar-refractivity contribution in [3.05, 3.63) is 30.3 Å². The van der Waals surface area contributed by atoms with E-state index < -0.39 is 0 Å². The van der Waals surface area contributed by atoms with Crippen LogP contribution in [0.25, 0.3) is 0 Å². The van der Waals surface area contributed by atoms with Crippen LogP contribution in [0.4, 0.5) is 0 Å². The lowest BCUT2D eigenvalue weighted by atomic mass is 10.3. The summed E-state index contributed by atoms with van der Waals surface area (Å²) in [5.74, 6) is 1.56. The van der Waals surface area contributed by atoms with E-state index in [1.807, 2.05) is 30.3 Å². The van der Waals surface area contributed by atoms with Gasteiger partial charge in [-0.15, -0.1) is 11.6 Å². The number of alkyl halides is 1. The standard InChI is InChI=1S/C13H20ClNO/c1-3-13(15(4-2)11-10-14)16-12-8-6-5-7-9-12/h5-9,13H,3-4,10-11H2,1-2H3. The highest BCUT2D eigenvalue weighted by Gasteiger charge is 2.15. The monoisotopic (exact) mass is 241 g/mol. The summed E-state index contributed by atoms with van der Waals surface area (Å²) >= 11 is 5.78.